The summed E-state index contributed by atoms with van der Waals surface area (Å²) < 4.78 is 25.2. The van der Waals surface area contributed by atoms with Crippen molar-refractivity contribution in [2.24, 2.45) is 5.92 Å². The maximum atomic E-state index is 10.7. The topological polar surface area (TPSA) is 60.4 Å². The van der Waals surface area contributed by atoms with Gasteiger partial charge in [0.1, 0.15) is 0 Å². The number of halogens is 1. The van der Waals surface area contributed by atoms with Gasteiger partial charge in [-0.05, 0) is 18.8 Å². The summed E-state index contributed by atoms with van der Waals surface area (Å²) in [6.07, 6.45) is 5.64. The Bertz CT molecular complexity index is 257. The molecule has 0 radical (unpaired) electrons. The number of ether oxygens (including phenoxy) is 1. The van der Waals surface area contributed by atoms with Gasteiger partial charge in [-0.1, -0.05) is 19.3 Å². The Morgan fingerprint density at radius 1 is 1.33 bits per heavy atom. The molecule has 0 aromatic heterocycles. The maximum absolute atomic E-state index is 10.7. The normalized spacial score (nSPS) is 17.5. The van der Waals surface area contributed by atoms with Crippen molar-refractivity contribution in [2.75, 3.05) is 12.9 Å². The van der Waals surface area contributed by atoms with Gasteiger partial charge < -0.3 is 4.74 Å². The molecule has 0 bridgehead atoms. The molecule has 4 nitrogen and oxygen atoms in total. The minimum atomic E-state index is -3.25. The first-order valence-corrected chi connectivity index (χ1v) is 7.36. The molecule has 6 heteroatoms. The first-order valence-electron chi connectivity index (χ1n) is 4.88. The second-order valence-corrected chi connectivity index (χ2v) is 6.36. The third kappa shape index (κ3) is 10.0. The van der Waals surface area contributed by atoms with Crippen LogP contribution in [0.25, 0.3) is 0 Å². The van der Waals surface area contributed by atoms with Gasteiger partial charge in [-0.2, -0.15) is 0 Å². The van der Waals surface area contributed by atoms with E-state index in [0.717, 1.165) is 25.7 Å². The summed E-state index contributed by atoms with van der Waals surface area (Å²) in [5.41, 5.74) is 0. The van der Waals surface area contributed by atoms with E-state index in [1.807, 2.05) is 0 Å². The fraction of sp³-hybridized carbons (Fsp3) is 0.889. The minimum Gasteiger partial charge on any atom is -0.471 e. The van der Waals surface area contributed by atoms with E-state index in [4.69, 9.17) is 15.5 Å². The zero-order valence-corrected chi connectivity index (χ0v) is 10.4. The number of hydrogen-bond acceptors (Lipinski definition) is 4. The summed E-state index contributed by atoms with van der Waals surface area (Å²) >= 11 is 0. The van der Waals surface area contributed by atoms with E-state index in [1.165, 1.54) is 13.5 Å². The molecule has 0 saturated heterocycles. The molecule has 0 aromatic carbocycles. The predicted molar refractivity (Wildman–Crippen MR) is 59.3 cm³/mol. The molecule has 0 aliphatic heterocycles. The van der Waals surface area contributed by atoms with Gasteiger partial charge in [-0.15, -0.1) is 0 Å². The zero-order valence-electron chi connectivity index (χ0n) is 8.82. The highest BCUT2D eigenvalue weighted by atomic mass is 35.7. The number of rotatable bonds is 3. The van der Waals surface area contributed by atoms with E-state index in [9.17, 15) is 8.42 Å². The quantitative estimate of drug-likeness (QED) is 0.572. The summed E-state index contributed by atoms with van der Waals surface area (Å²) in [7, 11) is 3.20. The van der Waals surface area contributed by atoms with Gasteiger partial charge in [-0.3, -0.25) is 4.79 Å². The summed E-state index contributed by atoms with van der Waals surface area (Å²) in [4.78, 5) is 8.95. The van der Waals surface area contributed by atoms with Crippen molar-refractivity contribution in [2.45, 2.75) is 32.1 Å². The van der Waals surface area contributed by atoms with Gasteiger partial charge in [0.05, 0.1) is 12.9 Å². The van der Waals surface area contributed by atoms with Crippen LogP contribution >= 0.6 is 10.7 Å². The van der Waals surface area contributed by atoms with Crippen LogP contribution in [0.5, 0.6) is 0 Å². The molecule has 1 aliphatic rings. The van der Waals surface area contributed by atoms with Crippen molar-refractivity contribution in [3.63, 3.8) is 0 Å². The van der Waals surface area contributed by atoms with Gasteiger partial charge in [0.25, 0.3) is 6.47 Å². The van der Waals surface area contributed by atoms with Gasteiger partial charge in [-0.25, -0.2) is 8.42 Å². The Balaban J connectivity index is 0.000000423. The van der Waals surface area contributed by atoms with Crippen LogP contribution in [0.15, 0.2) is 0 Å². The average Bonchev–Trinajstić information content (AvgIpc) is 2.17. The molecule has 0 unspecified atom stereocenters. The van der Waals surface area contributed by atoms with Crippen LogP contribution in [0.2, 0.25) is 0 Å². The van der Waals surface area contributed by atoms with Crippen molar-refractivity contribution >= 4 is 26.2 Å². The lowest BCUT2D eigenvalue weighted by molar-refractivity contribution is -0.126. The highest BCUT2D eigenvalue weighted by Crippen LogP contribution is 2.25. The highest BCUT2D eigenvalue weighted by molar-refractivity contribution is 8.13. The summed E-state index contributed by atoms with van der Waals surface area (Å²) in [6.45, 7) is 0.375. The highest BCUT2D eigenvalue weighted by Gasteiger charge is 2.18. The Kier molecular flexibility index (Phi) is 7.78. The summed E-state index contributed by atoms with van der Waals surface area (Å²) in [5, 5.41) is 0. The number of carbonyl (C=O) groups is 1. The first-order chi connectivity index (χ1) is 6.99. The minimum absolute atomic E-state index is 0.175. The maximum Gasteiger partial charge on any atom is 0.292 e. The van der Waals surface area contributed by atoms with Crippen LogP contribution in [-0.2, 0) is 18.6 Å². The SMILES string of the molecule is COC=O.O=S(=O)(Cl)CC1CCCCC1. The lowest BCUT2D eigenvalue weighted by Gasteiger charge is -2.19. The summed E-state index contributed by atoms with van der Waals surface area (Å²) in [6, 6.07) is 0. The molecule has 1 saturated carbocycles. The third-order valence-corrected chi connectivity index (χ3v) is 3.50. The second kappa shape index (κ2) is 7.93. The fourth-order valence-corrected chi connectivity index (χ4v) is 3.07. The molecule has 0 aromatic rings. The van der Waals surface area contributed by atoms with Gasteiger partial charge in [0.2, 0.25) is 9.05 Å². The molecule has 0 atom stereocenters. The van der Waals surface area contributed by atoms with Crippen LogP contribution in [0.3, 0.4) is 0 Å². The van der Waals surface area contributed by atoms with Crippen molar-refractivity contribution in [3.8, 4) is 0 Å². The molecule has 0 heterocycles. The number of carbonyl (C=O) groups excluding carboxylic acids is 1. The molecular weight excluding hydrogens is 240 g/mol. The predicted octanol–water partition coefficient (Wildman–Crippen LogP) is 1.92. The van der Waals surface area contributed by atoms with Crippen LogP contribution in [0, 0.1) is 5.92 Å². The molecule has 0 amide bonds. The lowest BCUT2D eigenvalue weighted by Crippen LogP contribution is -2.14. The van der Waals surface area contributed by atoms with Crippen LogP contribution in [-0.4, -0.2) is 27.8 Å². The van der Waals surface area contributed by atoms with E-state index in [1.54, 1.807) is 0 Å². The lowest BCUT2D eigenvalue weighted by atomic mass is 9.91. The molecule has 1 rings (SSSR count). The molecule has 15 heavy (non-hydrogen) atoms. The Morgan fingerprint density at radius 2 is 1.80 bits per heavy atom. The van der Waals surface area contributed by atoms with Crippen molar-refractivity contribution in [3.05, 3.63) is 0 Å². The zero-order chi connectivity index (χ0) is 11.7. The van der Waals surface area contributed by atoms with Gasteiger partial charge in [0.15, 0.2) is 0 Å². The third-order valence-electron chi connectivity index (χ3n) is 2.26. The first kappa shape index (κ1) is 14.7. The van der Waals surface area contributed by atoms with Crippen molar-refractivity contribution in [1.82, 2.24) is 0 Å². The fourth-order valence-electron chi connectivity index (χ4n) is 1.64. The monoisotopic (exact) mass is 256 g/mol. The molecule has 0 spiro atoms. The smallest absolute Gasteiger partial charge is 0.292 e. The second-order valence-electron chi connectivity index (χ2n) is 3.54. The Hall–Kier alpha value is -0.290. The van der Waals surface area contributed by atoms with E-state index >= 15 is 0 Å². The van der Waals surface area contributed by atoms with Crippen LogP contribution < -0.4 is 0 Å². The largest absolute Gasteiger partial charge is 0.471 e. The molecule has 1 fully saturated rings. The van der Waals surface area contributed by atoms with Crippen LogP contribution in [0.1, 0.15) is 32.1 Å². The van der Waals surface area contributed by atoms with E-state index in [0.29, 0.717) is 12.4 Å². The standard InChI is InChI=1S/C7H13ClO2S.C2H4O2/c8-11(9,10)6-7-4-2-1-3-5-7;1-4-2-3/h7H,1-6H2;2H,1H3. The van der Waals surface area contributed by atoms with Gasteiger partial charge in [0, 0.05) is 10.7 Å². The Morgan fingerprint density at radius 3 is 2.13 bits per heavy atom. The van der Waals surface area contributed by atoms with E-state index < -0.39 is 9.05 Å². The summed E-state index contributed by atoms with van der Waals surface area (Å²) in [5.74, 6) is 0.500. The van der Waals surface area contributed by atoms with Crippen LogP contribution in [0.4, 0.5) is 0 Å². The molecule has 0 N–H and O–H groups in total. The van der Waals surface area contributed by atoms with Gasteiger partial charge >= 0.3 is 0 Å². The molecule has 1 aliphatic carbocycles. The van der Waals surface area contributed by atoms with E-state index in [-0.39, 0.29) is 5.75 Å². The number of methoxy groups -OCH3 is 1. The molecule has 90 valence electrons. The average molecular weight is 257 g/mol. The molecular formula is C9H17ClO4S. The van der Waals surface area contributed by atoms with Crippen molar-refractivity contribution in [1.29, 1.82) is 0 Å². The number of hydrogen-bond donors (Lipinski definition) is 0. The van der Waals surface area contributed by atoms with E-state index in [2.05, 4.69) is 4.74 Å². The Labute approximate surface area is 95.4 Å². The van der Waals surface area contributed by atoms with Crippen molar-refractivity contribution < 1.29 is 17.9 Å².